The highest BCUT2D eigenvalue weighted by Crippen LogP contribution is 2.23. The standard InChI is InChI=1S/C17H19NO3S/c1-3-20-16-7-5-4-6-15(16)18-17(19)12-21-13-8-10-14(22-2)11-9-13/h4-11H,3,12H2,1-2H3,(H,18,19). The molecular weight excluding hydrogens is 298 g/mol. The van der Waals surface area contributed by atoms with Gasteiger partial charge in [0.15, 0.2) is 6.61 Å². The molecule has 0 saturated carbocycles. The maximum atomic E-state index is 12.0. The smallest absolute Gasteiger partial charge is 0.262 e. The Kier molecular flexibility index (Phi) is 6.15. The molecule has 2 aromatic carbocycles. The van der Waals surface area contributed by atoms with E-state index in [1.807, 2.05) is 55.6 Å². The van der Waals surface area contributed by atoms with E-state index in [1.54, 1.807) is 17.8 Å². The van der Waals surface area contributed by atoms with Crippen molar-refractivity contribution in [1.82, 2.24) is 0 Å². The van der Waals surface area contributed by atoms with Crippen LogP contribution >= 0.6 is 11.8 Å². The molecule has 4 nitrogen and oxygen atoms in total. The van der Waals surface area contributed by atoms with Crippen LogP contribution in [0.1, 0.15) is 6.92 Å². The van der Waals surface area contributed by atoms with Crippen LogP contribution < -0.4 is 14.8 Å². The second kappa shape index (κ2) is 8.34. The van der Waals surface area contributed by atoms with E-state index in [4.69, 9.17) is 9.47 Å². The zero-order valence-corrected chi connectivity index (χ0v) is 13.5. The molecular formula is C17H19NO3S. The van der Waals surface area contributed by atoms with Crippen LogP contribution in [0.15, 0.2) is 53.4 Å². The summed E-state index contributed by atoms with van der Waals surface area (Å²) in [5, 5.41) is 2.80. The predicted molar refractivity (Wildman–Crippen MR) is 90.0 cm³/mol. The lowest BCUT2D eigenvalue weighted by Gasteiger charge is -2.11. The van der Waals surface area contributed by atoms with E-state index in [2.05, 4.69) is 5.32 Å². The lowest BCUT2D eigenvalue weighted by Crippen LogP contribution is -2.20. The lowest BCUT2D eigenvalue weighted by atomic mass is 10.3. The van der Waals surface area contributed by atoms with E-state index in [0.29, 0.717) is 23.8 Å². The van der Waals surface area contributed by atoms with Crippen molar-refractivity contribution in [2.75, 3.05) is 24.8 Å². The number of para-hydroxylation sites is 2. The molecule has 0 fully saturated rings. The summed E-state index contributed by atoms with van der Waals surface area (Å²) in [5.41, 5.74) is 0.649. The van der Waals surface area contributed by atoms with E-state index in [9.17, 15) is 4.79 Å². The summed E-state index contributed by atoms with van der Waals surface area (Å²) in [6, 6.07) is 15.0. The first kappa shape index (κ1) is 16.2. The van der Waals surface area contributed by atoms with Crippen molar-refractivity contribution in [1.29, 1.82) is 0 Å². The fraction of sp³-hybridized carbons (Fsp3) is 0.235. The third kappa shape index (κ3) is 4.70. The van der Waals surface area contributed by atoms with Gasteiger partial charge in [-0.1, -0.05) is 12.1 Å². The number of nitrogens with one attached hydrogen (secondary N) is 1. The van der Waals surface area contributed by atoms with Gasteiger partial charge in [0.05, 0.1) is 12.3 Å². The second-order valence-corrected chi connectivity index (χ2v) is 5.32. The predicted octanol–water partition coefficient (Wildman–Crippen LogP) is 3.82. The topological polar surface area (TPSA) is 47.6 Å². The normalized spacial score (nSPS) is 10.1. The van der Waals surface area contributed by atoms with Gasteiger partial charge in [0.2, 0.25) is 0 Å². The van der Waals surface area contributed by atoms with Crippen LogP contribution in [0, 0.1) is 0 Å². The van der Waals surface area contributed by atoms with Gasteiger partial charge in [0.25, 0.3) is 5.91 Å². The number of thioether (sulfide) groups is 1. The summed E-state index contributed by atoms with van der Waals surface area (Å²) in [4.78, 5) is 13.1. The minimum absolute atomic E-state index is 0.0426. The van der Waals surface area contributed by atoms with Crippen LogP contribution in [0.4, 0.5) is 5.69 Å². The highest BCUT2D eigenvalue weighted by molar-refractivity contribution is 7.98. The van der Waals surface area contributed by atoms with E-state index in [-0.39, 0.29) is 12.5 Å². The number of amides is 1. The van der Waals surface area contributed by atoms with Crippen LogP contribution in [0.5, 0.6) is 11.5 Å². The summed E-state index contributed by atoms with van der Waals surface area (Å²) in [6.07, 6.45) is 2.01. The van der Waals surface area contributed by atoms with Gasteiger partial charge in [-0.15, -0.1) is 11.8 Å². The van der Waals surface area contributed by atoms with Crippen molar-refractivity contribution in [2.24, 2.45) is 0 Å². The molecule has 0 atom stereocenters. The number of carbonyl (C=O) groups excluding carboxylic acids is 1. The Balaban J connectivity index is 1.90. The molecule has 0 aliphatic heterocycles. The molecule has 0 radical (unpaired) electrons. The third-order valence-corrected chi connectivity index (χ3v) is 3.63. The fourth-order valence-electron chi connectivity index (χ4n) is 1.86. The highest BCUT2D eigenvalue weighted by atomic mass is 32.2. The van der Waals surface area contributed by atoms with Crippen molar-refractivity contribution >= 4 is 23.4 Å². The Morgan fingerprint density at radius 1 is 1.09 bits per heavy atom. The van der Waals surface area contributed by atoms with Crippen LogP contribution in [0.2, 0.25) is 0 Å². The lowest BCUT2D eigenvalue weighted by molar-refractivity contribution is -0.118. The zero-order chi connectivity index (χ0) is 15.8. The van der Waals surface area contributed by atoms with Crippen molar-refractivity contribution in [3.8, 4) is 11.5 Å². The van der Waals surface area contributed by atoms with Crippen molar-refractivity contribution in [3.63, 3.8) is 0 Å². The Morgan fingerprint density at radius 3 is 2.50 bits per heavy atom. The SMILES string of the molecule is CCOc1ccccc1NC(=O)COc1ccc(SC)cc1. The Bertz CT molecular complexity index is 614. The van der Waals surface area contributed by atoms with Gasteiger partial charge in [-0.2, -0.15) is 0 Å². The van der Waals surface area contributed by atoms with Crippen LogP contribution in [-0.2, 0) is 4.79 Å². The van der Waals surface area contributed by atoms with Gasteiger partial charge in [-0.3, -0.25) is 4.79 Å². The average molecular weight is 317 g/mol. The number of hydrogen-bond acceptors (Lipinski definition) is 4. The van der Waals surface area contributed by atoms with E-state index >= 15 is 0 Å². The minimum Gasteiger partial charge on any atom is -0.492 e. The Labute approximate surface area is 134 Å². The van der Waals surface area contributed by atoms with Gasteiger partial charge in [-0.05, 0) is 49.6 Å². The first-order valence-corrected chi connectivity index (χ1v) is 8.24. The maximum absolute atomic E-state index is 12.0. The van der Waals surface area contributed by atoms with E-state index in [1.165, 1.54) is 0 Å². The van der Waals surface area contributed by atoms with Gasteiger partial charge >= 0.3 is 0 Å². The molecule has 22 heavy (non-hydrogen) atoms. The number of rotatable bonds is 7. The Hall–Kier alpha value is -2.14. The third-order valence-electron chi connectivity index (χ3n) is 2.89. The average Bonchev–Trinajstić information content (AvgIpc) is 2.55. The first-order valence-electron chi connectivity index (χ1n) is 7.01. The van der Waals surface area contributed by atoms with Crippen molar-refractivity contribution < 1.29 is 14.3 Å². The molecule has 0 heterocycles. The molecule has 0 unspecified atom stereocenters. The summed E-state index contributed by atoms with van der Waals surface area (Å²) in [6.45, 7) is 2.41. The van der Waals surface area contributed by atoms with Gasteiger partial charge in [0, 0.05) is 4.90 Å². The number of carbonyl (C=O) groups is 1. The first-order chi connectivity index (χ1) is 10.7. The summed E-state index contributed by atoms with van der Waals surface area (Å²) < 4.78 is 10.9. The number of hydrogen-bond donors (Lipinski definition) is 1. The molecule has 0 aliphatic carbocycles. The second-order valence-electron chi connectivity index (χ2n) is 4.44. The summed E-state index contributed by atoms with van der Waals surface area (Å²) in [7, 11) is 0. The molecule has 116 valence electrons. The van der Waals surface area contributed by atoms with Crippen LogP contribution in [0.3, 0.4) is 0 Å². The molecule has 1 amide bonds. The maximum Gasteiger partial charge on any atom is 0.262 e. The van der Waals surface area contributed by atoms with Gasteiger partial charge < -0.3 is 14.8 Å². The van der Waals surface area contributed by atoms with Crippen LogP contribution in [-0.4, -0.2) is 25.4 Å². The monoisotopic (exact) mass is 317 g/mol. The quantitative estimate of drug-likeness (QED) is 0.789. The fourth-order valence-corrected chi connectivity index (χ4v) is 2.27. The molecule has 2 aromatic rings. The van der Waals surface area contributed by atoms with Gasteiger partial charge in [0.1, 0.15) is 11.5 Å². The van der Waals surface area contributed by atoms with Crippen molar-refractivity contribution in [2.45, 2.75) is 11.8 Å². The largest absolute Gasteiger partial charge is 0.492 e. The van der Waals surface area contributed by atoms with Crippen molar-refractivity contribution in [3.05, 3.63) is 48.5 Å². The molecule has 2 rings (SSSR count). The number of ether oxygens (including phenoxy) is 2. The molecule has 0 saturated heterocycles. The molecule has 0 aliphatic rings. The van der Waals surface area contributed by atoms with E-state index < -0.39 is 0 Å². The van der Waals surface area contributed by atoms with Crippen LogP contribution in [0.25, 0.3) is 0 Å². The summed E-state index contributed by atoms with van der Waals surface area (Å²) in [5.74, 6) is 1.11. The number of benzene rings is 2. The molecule has 0 aromatic heterocycles. The number of anilines is 1. The molecule has 0 bridgehead atoms. The molecule has 0 spiro atoms. The van der Waals surface area contributed by atoms with E-state index in [0.717, 1.165) is 4.90 Å². The highest BCUT2D eigenvalue weighted by Gasteiger charge is 2.08. The molecule has 1 N–H and O–H groups in total. The summed E-state index contributed by atoms with van der Waals surface area (Å²) >= 11 is 1.66. The minimum atomic E-state index is -0.221. The molecule has 5 heteroatoms. The van der Waals surface area contributed by atoms with Gasteiger partial charge in [-0.25, -0.2) is 0 Å². The Morgan fingerprint density at radius 2 is 1.82 bits per heavy atom. The zero-order valence-electron chi connectivity index (χ0n) is 12.7.